The first-order valence-electron chi connectivity index (χ1n) is 8.44. The number of fused-ring (bicyclic) bond motifs is 3. The molecule has 1 amide bonds. The van der Waals surface area contributed by atoms with Crippen molar-refractivity contribution in [1.29, 1.82) is 0 Å². The third kappa shape index (κ3) is 2.98. The van der Waals surface area contributed by atoms with Gasteiger partial charge < -0.3 is 5.32 Å². The molecule has 6 heteroatoms. The zero-order chi connectivity index (χ0) is 15.8. The van der Waals surface area contributed by atoms with Crippen LogP contribution in [0.5, 0.6) is 0 Å². The molecule has 0 bridgehead atoms. The average molecular weight is 348 g/mol. The molecule has 2 aromatic rings. The van der Waals surface area contributed by atoms with Gasteiger partial charge in [0.2, 0.25) is 5.91 Å². The fraction of sp³-hybridized carbons (Fsp3) is 0.588. The van der Waals surface area contributed by atoms with Crippen molar-refractivity contribution < 1.29 is 4.79 Å². The lowest BCUT2D eigenvalue weighted by Crippen LogP contribution is -2.37. The maximum Gasteiger partial charge on any atom is 0.233 e. The minimum atomic E-state index is -0.120. The minimum absolute atomic E-state index is 0.120. The molecule has 122 valence electrons. The number of nitrogens with one attached hydrogen (secondary N) is 1. The summed E-state index contributed by atoms with van der Waals surface area (Å²) in [5.74, 6) is 0.139. The van der Waals surface area contributed by atoms with Crippen molar-refractivity contribution in [2.45, 2.75) is 68.2 Å². The maximum atomic E-state index is 12.4. The molecule has 1 N–H and O–H groups in total. The van der Waals surface area contributed by atoms with Crippen LogP contribution in [0.15, 0.2) is 11.4 Å². The summed E-state index contributed by atoms with van der Waals surface area (Å²) in [6.45, 7) is 1.98. The van der Waals surface area contributed by atoms with Crippen LogP contribution in [-0.2, 0) is 17.6 Å². The van der Waals surface area contributed by atoms with E-state index in [0.717, 1.165) is 35.5 Å². The molecular formula is C17H21N3OS2. The Morgan fingerprint density at radius 1 is 1.30 bits per heavy atom. The van der Waals surface area contributed by atoms with Crippen LogP contribution in [0.3, 0.4) is 0 Å². The van der Waals surface area contributed by atoms with Gasteiger partial charge in [-0.25, -0.2) is 9.97 Å². The molecule has 0 radical (unpaired) electrons. The van der Waals surface area contributed by atoms with Gasteiger partial charge in [0.1, 0.15) is 16.2 Å². The van der Waals surface area contributed by atoms with E-state index in [0.29, 0.717) is 6.04 Å². The average Bonchev–Trinajstić information content (AvgIpc) is 3.23. The lowest BCUT2D eigenvalue weighted by molar-refractivity contribution is -0.120. The van der Waals surface area contributed by atoms with Crippen LogP contribution in [0.25, 0.3) is 10.2 Å². The molecule has 0 aromatic carbocycles. The van der Waals surface area contributed by atoms with Gasteiger partial charge in [0, 0.05) is 16.3 Å². The first-order valence-corrected chi connectivity index (χ1v) is 10.1. The van der Waals surface area contributed by atoms with E-state index in [9.17, 15) is 4.79 Å². The predicted octanol–water partition coefficient (Wildman–Crippen LogP) is 3.72. The third-order valence-electron chi connectivity index (χ3n) is 4.83. The molecule has 0 saturated heterocycles. The van der Waals surface area contributed by atoms with Crippen molar-refractivity contribution in [3.63, 3.8) is 0 Å². The number of thioether (sulfide) groups is 1. The zero-order valence-corrected chi connectivity index (χ0v) is 14.9. The van der Waals surface area contributed by atoms with Gasteiger partial charge in [-0.05, 0) is 44.6 Å². The van der Waals surface area contributed by atoms with Gasteiger partial charge in [0.25, 0.3) is 0 Å². The van der Waals surface area contributed by atoms with Crippen LogP contribution < -0.4 is 5.32 Å². The van der Waals surface area contributed by atoms with Crippen molar-refractivity contribution in [3.8, 4) is 0 Å². The summed E-state index contributed by atoms with van der Waals surface area (Å²) >= 11 is 3.38. The van der Waals surface area contributed by atoms with Crippen LogP contribution in [-0.4, -0.2) is 27.2 Å². The quantitative estimate of drug-likeness (QED) is 0.676. The number of carbonyl (C=O) groups excluding carboxylic acids is 1. The Hall–Kier alpha value is -1.14. The topological polar surface area (TPSA) is 54.9 Å². The molecule has 1 saturated carbocycles. The van der Waals surface area contributed by atoms with Crippen LogP contribution >= 0.6 is 23.1 Å². The molecule has 1 atom stereocenters. The lowest BCUT2D eigenvalue weighted by atomic mass is 10.2. The monoisotopic (exact) mass is 347 g/mol. The van der Waals surface area contributed by atoms with E-state index < -0.39 is 0 Å². The summed E-state index contributed by atoms with van der Waals surface area (Å²) < 4.78 is 0. The standard InChI is InChI=1S/C17H21N3OS2/c1-10(15(21)20-11-5-2-3-6-11)22-16-14-12-7-4-8-13(12)23-17(14)19-9-18-16/h9-11H,2-8H2,1H3,(H,20,21)/t10-/m1/s1. The second-order valence-corrected chi connectivity index (χ2v) is 8.88. The van der Waals surface area contributed by atoms with E-state index in [-0.39, 0.29) is 11.2 Å². The molecule has 4 rings (SSSR count). The van der Waals surface area contributed by atoms with Gasteiger partial charge in [0.05, 0.1) is 5.25 Å². The maximum absolute atomic E-state index is 12.4. The van der Waals surface area contributed by atoms with Crippen LogP contribution in [0, 0.1) is 0 Å². The number of aromatic nitrogens is 2. The van der Waals surface area contributed by atoms with Crippen LogP contribution in [0.1, 0.15) is 49.5 Å². The Bertz CT molecular complexity index is 737. The molecular weight excluding hydrogens is 326 g/mol. The zero-order valence-electron chi connectivity index (χ0n) is 13.3. The summed E-state index contributed by atoms with van der Waals surface area (Å²) in [6, 6.07) is 0.376. The van der Waals surface area contributed by atoms with Gasteiger partial charge in [-0.15, -0.1) is 11.3 Å². The highest BCUT2D eigenvalue weighted by Gasteiger charge is 2.25. The van der Waals surface area contributed by atoms with E-state index in [1.165, 1.54) is 35.1 Å². The molecule has 4 nitrogen and oxygen atoms in total. The molecule has 2 heterocycles. The number of carbonyl (C=O) groups is 1. The highest BCUT2D eigenvalue weighted by Crippen LogP contribution is 2.40. The molecule has 2 aromatic heterocycles. The normalized spacial score (nSPS) is 19.2. The van der Waals surface area contributed by atoms with Crippen LogP contribution in [0.4, 0.5) is 0 Å². The van der Waals surface area contributed by atoms with Crippen molar-refractivity contribution in [1.82, 2.24) is 15.3 Å². The van der Waals surface area contributed by atoms with Gasteiger partial charge in [-0.2, -0.15) is 0 Å². The van der Waals surface area contributed by atoms with Crippen molar-refractivity contribution >= 4 is 39.2 Å². The molecule has 1 fully saturated rings. The highest BCUT2D eigenvalue weighted by atomic mass is 32.2. The smallest absolute Gasteiger partial charge is 0.233 e. The van der Waals surface area contributed by atoms with Gasteiger partial charge >= 0.3 is 0 Å². The van der Waals surface area contributed by atoms with E-state index in [4.69, 9.17) is 0 Å². The lowest BCUT2D eigenvalue weighted by Gasteiger charge is -2.16. The summed E-state index contributed by atoms with van der Waals surface area (Å²) in [5, 5.41) is 5.25. The summed E-state index contributed by atoms with van der Waals surface area (Å²) in [6.07, 6.45) is 9.88. The van der Waals surface area contributed by atoms with Crippen molar-refractivity contribution in [3.05, 3.63) is 16.8 Å². The highest BCUT2D eigenvalue weighted by molar-refractivity contribution is 8.00. The molecule has 2 aliphatic carbocycles. The Labute approximate surface area is 144 Å². The molecule has 23 heavy (non-hydrogen) atoms. The number of rotatable bonds is 4. The summed E-state index contributed by atoms with van der Waals surface area (Å²) in [7, 11) is 0. The van der Waals surface area contributed by atoms with E-state index in [1.807, 2.05) is 6.92 Å². The first kappa shape index (κ1) is 15.4. The number of hydrogen-bond donors (Lipinski definition) is 1. The van der Waals surface area contributed by atoms with Gasteiger partial charge in [0.15, 0.2) is 0 Å². The fourth-order valence-electron chi connectivity index (χ4n) is 3.60. The SMILES string of the molecule is C[C@@H](Sc1ncnc2sc3c(c12)CCC3)C(=O)NC1CCCC1. The number of hydrogen-bond acceptors (Lipinski definition) is 5. The number of nitrogens with zero attached hydrogens (tertiary/aromatic N) is 2. The second-order valence-electron chi connectivity index (χ2n) is 6.47. The predicted molar refractivity (Wildman–Crippen MR) is 95.2 cm³/mol. The van der Waals surface area contributed by atoms with Crippen molar-refractivity contribution in [2.75, 3.05) is 0 Å². The Morgan fingerprint density at radius 3 is 2.96 bits per heavy atom. The van der Waals surface area contributed by atoms with E-state index in [2.05, 4.69) is 15.3 Å². The molecule has 0 unspecified atom stereocenters. The molecule has 0 spiro atoms. The number of amides is 1. The number of thiophene rings is 1. The summed E-state index contributed by atoms with van der Waals surface area (Å²) in [5.41, 5.74) is 1.43. The van der Waals surface area contributed by atoms with E-state index >= 15 is 0 Å². The van der Waals surface area contributed by atoms with Gasteiger partial charge in [-0.3, -0.25) is 4.79 Å². The Kier molecular flexibility index (Phi) is 4.28. The Balaban J connectivity index is 1.54. The third-order valence-corrected chi connectivity index (χ3v) is 7.13. The minimum Gasteiger partial charge on any atom is -0.352 e. The largest absolute Gasteiger partial charge is 0.352 e. The van der Waals surface area contributed by atoms with Crippen LogP contribution in [0.2, 0.25) is 0 Å². The van der Waals surface area contributed by atoms with E-state index in [1.54, 1.807) is 29.4 Å². The number of aryl methyl sites for hydroxylation is 2. The van der Waals surface area contributed by atoms with Gasteiger partial charge in [-0.1, -0.05) is 24.6 Å². The Morgan fingerprint density at radius 2 is 2.13 bits per heavy atom. The van der Waals surface area contributed by atoms with Crippen molar-refractivity contribution in [2.24, 2.45) is 0 Å². The second kappa shape index (κ2) is 6.40. The molecule has 2 aliphatic rings. The first-order chi connectivity index (χ1) is 11.2. The molecule has 0 aliphatic heterocycles. The fourth-order valence-corrected chi connectivity index (χ4v) is 5.85. The summed E-state index contributed by atoms with van der Waals surface area (Å²) in [4.78, 5) is 23.9.